The number of rotatable bonds is 10. The van der Waals surface area contributed by atoms with Crippen molar-refractivity contribution in [1.29, 1.82) is 0 Å². The molecule has 3 amide bonds. The Hall–Kier alpha value is -5.00. The highest BCUT2D eigenvalue weighted by atomic mass is 16.6. The van der Waals surface area contributed by atoms with E-state index in [-0.39, 0.29) is 30.0 Å². The van der Waals surface area contributed by atoms with Crippen molar-refractivity contribution in [3.63, 3.8) is 0 Å². The van der Waals surface area contributed by atoms with Crippen LogP contribution in [0.25, 0.3) is 0 Å². The third kappa shape index (κ3) is 6.76. The highest BCUT2D eigenvalue weighted by molar-refractivity contribution is 6.01. The number of non-ortho nitro benzene ring substituents is 2. The summed E-state index contributed by atoms with van der Waals surface area (Å²) in [6.07, 6.45) is 0.401. The van der Waals surface area contributed by atoms with Gasteiger partial charge < -0.3 is 15.4 Å². The fourth-order valence-electron chi connectivity index (χ4n) is 3.24. The van der Waals surface area contributed by atoms with Gasteiger partial charge in [-0.15, -0.1) is 0 Å². The van der Waals surface area contributed by atoms with Crippen LogP contribution in [0.2, 0.25) is 0 Å². The molecule has 0 heterocycles. The molecule has 0 saturated carbocycles. The van der Waals surface area contributed by atoms with Crippen LogP contribution >= 0.6 is 0 Å². The molecule has 186 valence electrons. The number of carbonyl (C=O) groups is 2. The van der Waals surface area contributed by atoms with E-state index >= 15 is 0 Å². The fraction of sp³-hybridized carbons (Fsp3) is 0.167. The number of nitro groups is 2. The van der Waals surface area contributed by atoms with Crippen molar-refractivity contribution in [1.82, 2.24) is 5.32 Å². The van der Waals surface area contributed by atoms with Gasteiger partial charge in [-0.3, -0.25) is 29.9 Å². The second kappa shape index (κ2) is 11.9. The van der Waals surface area contributed by atoms with E-state index in [9.17, 15) is 29.8 Å². The molecule has 0 aliphatic heterocycles. The molecular weight excluding hydrogens is 470 g/mol. The van der Waals surface area contributed by atoms with Crippen LogP contribution in [-0.4, -0.2) is 42.0 Å². The second-order valence-electron chi connectivity index (χ2n) is 7.50. The Morgan fingerprint density at radius 3 is 1.94 bits per heavy atom. The molecular formula is C24H23N5O7. The van der Waals surface area contributed by atoms with Gasteiger partial charge in [0.05, 0.1) is 17.0 Å². The Balaban J connectivity index is 1.64. The summed E-state index contributed by atoms with van der Waals surface area (Å²) < 4.78 is 5.16. The highest BCUT2D eigenvalue weighted by Crippen LogP contribution is 2.22. The third-order valence-electron chi connectivity index (χ3n) is 5.14. The van der Waals surface area contributed by atoms with Gasteiger partial charge in [-0.1, -0.05) is 0 Å². The van der Waals surface area contributed by atoms with E-state index in [2.05, 4.69) is 10.6 Å². The van der Waals surface area contributed by atoms with E-state index in [1.165, 1.54) is 60.5 Å². The smallest absolute Gasteiger partial charge is 0.326 e. The first-order chi connectivity index (χ1) is 17.3. The first-order valence-corrected chi connectivity index (χ1v) is 10.8. The number of nitrogens with zero attached hydrogens (tertiary/aromatic N) is 3. The number of nitro benzene ring substituents is 2. The first kappa shape index (κ1) is 25.6. The maximum Gasteiger partial charge on any atom is 0.326 e. The lowest BCUT2D eigenvalue weighted by Crippen LogP contribution is -2.37. The second-order valence-corrected chi connectivity index (χ2v) is 7.50. The molecule has 12 nitrogen and oxygen atoms in total. The summed E-state index contributed by atoms with van der Waals surface area (Å²) in [6.45, 7) is 0.485. The van der Waals surface area contributed by atoms with Crippen LogP contribution in [0.1, 0.15) is 16.8 Å². The Bertz CT molecular complexity index is 1230. The van der Waals surface area contributed by atoms with E-state index in [0.29, 0.717) is 23.5 Å². The number of hydrogen-bond acceptors (Lipinski definition) is 7. The van der Waals surface area contributed by atoms with Crippen molar-refractivity contribution >= 4 is 34.7 Å². The lowest BCUT2D eigenvalue weighted by atomic mass is 10.2. The van der Waals surface area contributed by atoms with Crippen LogP contribution in [0.3, 0.4) is 0 Å². The van der Waals surface area contributed by atoms with Crippen LogP contribution in [-0.2, 0) is 0 Å². The molecule has 3 aromatic carbocycles. The van der Waals surface area contributed by atoms with E-state index < -0.39 is 21.8 Å². The van der Waals surface area contributed by atoms with Crippen molar-refractivity contribution in [2.45, 2.75) is 6.42 Å². The van der Waals surface area contributed by atoms with Crippen molar-refractivity contribution in [2.75, 3.05) is 30.4 Å². The van der Waals surface area contributed by atoms with Gasteiger partial charge in [-0.25, -0.2) is 4.79 Å². The molecule has 0 radical (unpaired) electrons. The van der Waals surface area contributed by atoms with Crippen molar-refractivity contribution < 1.29 is 24.2 Å². The number of urea groups is 1. The number of methoxy groups -OCH3 is 1. The average molecular weight is 493 g/mol. The predicted octanol–water partition coefficient (Wildman–Crippen LogP) is 4.37. The Kier molecular flexibility index (Phi) is 8.49. The van der Waals surface area contributed by atoms with E-state index in [1.54, 1.807) is 24.3 Å². The molecule has 12 heteroatoms. The molecule has 0 bridgehead atoms. The summed E-state index contributed by atoms with van der Waals surface area (Å²) in [6, 6.07) is 17.1. The summed E-state index contributed by atoms with van der Waals surface area (Å²) in [5.41, 5.74) is 1.04. The summed E-state index contributed by atoms with van der Waals surface area (Å²) in [4.78, 5) is 47.4. The predicted molar refractivity (Wildman–Crippen MR) is 133 cm³/mol. The minimum absolute atomic E-state index is 0.0937. The molecule has 0 unspecified atom stereocenters. The molecule has 3 rings (SSSR count). The molecule has 0 spiro atoms. The van der Waals surface area contributed by atoms with Crippen molar-refractivity contribution in [2.24, 2.45) is 0 Å². The van der Waals surface area contributed by atoms with Gasteiger partial charge in [0.2, 0.25) is 0 Å². The summed E-state index contributed by atoms with van der Waals surface area (Å²) in [5.74, 6) is 0.223. The number of anilines is 2. The summed E-state index contributed by atoms with van der Waals surface area (Å²) in [5, 5.41) is 27.0. The Labute approximate surface area is 205 Å². The van der Waals surface area contributed by atoms with E-state index in [4.69, 9.17) is 4.74 Å². The minimum atomic E-state index is -0.544. The van der Waals surface area contributed by atoms with Gasteiger partial charge >= 0.3 is 6.03 Å². The van der Waals surface area contributed by atoms with Gasteiger partial charge in [0.25, 0.3) is 17.3 Å². The number of benzene rings is 3. The van der Waals surface area contributed by atoms with Gasteiger partial charge in [0.1, 0.15) is 5.75 Å². The Morgan fingerprint density at radius 2 is 1.42 bits per heavy atom. The van der Waals surface area contributed by atoms with Gasteiger partial charge in [0.15, 0.2) is 0 Å². The first-order valence-electron chi connectivity index (χ1n) is 10.8. The van der Waals surface area contributed by atoms with Crippen LogP contribution in [0, 0.1) is 20.2 Å². The lowest BCUT2D eigenvalue weighted by Gasteiger charge is -2.23. The van der Waals surface area contributed by atoms with Crippen LogP contribution in [0.4, 0.5) is 27.5 Å². The standard InChI is InChI=1S/C24H23N5O7/c1-36-22-13-11-19(12-14-22)27(24(31)26-18-5-9-21(10-6-18)29(34)35)16-2-15-25-23(30)17-3-7-20(8-4-17)28(32)33/h3-14H,2,15-16H2,1H3,(H,25,30)(H,26,31). The average Bonchev–Trinajstić information content (AvgIpc) is 2.89. The highest BCUT2D eigenvalue weighted by Gasteiger charge is 2.17. The van der Waals surface area contributed by atoms with E-state index in [1.807, 2.05) is 0 Å². The molecule has 0 saturated heterocycles. The summed E-state index contributed by atoms with van der Waals surface area (Å²) in [7, 11) is 1.53. The zero-order valence-electron chi connectivity index (χ0n) is 19.2. The van der Waals surface area contributed by atoms with Gasteiger partial charge in [0, 0.05) is 54.3 Å². The molecule has 0 fully saturated rings. The van der Waals surface area contributed by atoms with Gasteiger partial charge in [-0.2, -0.15) is 0 Å². The van der Waals surface area contributed by atoms with Gasteiger partial charge in [-0.05, 0) is 55.0 Å². The molecule has 0 atom stereocenters. The van der Waals surface area contributed by atoms with Crippen molar-refractivity contribution in [3.8, 4) is 5.75 Å². The van der Waals surface area contributed by atoms with Crippen LogP contribution < -0.4 is 20.3 Å². The fourth-order valence-corrected chi connectivity index (χ4v) is 3.24. The summed E-state index contributed by atoms with van der Waals surface area (Å²) >= 11 is 0. The maximum absolute atomic E-state index is 13.0. The number of carbonyl (C=O) groups excluding carboxylic acids is 2. The Morgan fingerprint density at radius 1 is 0.861 bits per heavy atom. The molecule has 0 aliphatic rings. The zero-order chi connectivity index (χ0) is 26.1. The normalized spacial score (nSPS) is 10.2. The number of hydrogen-bond donors (Lipinski definition) is 2. The zero-order valence-corrected chi connectivity index (χ0v) is 19.2. The largest absolute Gasteiger partial charge is 0.497 e. The maximum atomic E-state index is 13.0. The van der Waals surface area contributed by atoms with Crippen LogP contribution in [0.5, 0.6) is 5.75 Å². The number of amides is 3. The third-order valence-corrected chi connectivity index (χ3v) is 5.14. The topological polar surface area (TPSA) is 157 Å². The van der Waals surface area contributed by atoms with E-state index in [0.717, 1.165) is 0 Å². The quantitative estimate of drug-likeness (QED) is 0.241. The molecule has 36 heavy (non-hydrogen) atoms. The van der Waals surface area contributed by atoms with Crippen LogP contribution in [0.15, 0.2) is 72.8 Å². The van der Waals surface area contributed by atoms with Crippen molar-refractivity contribution in [3.05, 3.63) is 98.6 Å². The number of nitrogens with one attached hydrogen (secondary N) is 2. The molecule has 2 N–H and O–H groups in total. The SMILES string of the molecule is COc1ccc(N(CCCNC(=O)c2ccc([N+](=O)[O-])cc2)C(=O)Nc2ccc([N+](=O)[O-])cc2)cc1. The molecule has 0 aromatic heterocycles. The minimum Gasteiger partial charge on any atom is -0.497 e. The number of ether oxygens (including phenoxy) is 1. The lowest BCUT2D eigenvalue weighted by molar-refractivity contribution is -0.385. The molecule has 0 aliphatic carbocycles. The molecule has 3 aromatic rings. The monoisotopic (exact) mass is 493 g/mol.